The molecule has 2 aromatic rings. The predicted molar refractivity (Wildman–Crippen MR) is 101 cm³/mol. The number of pyridine rings is 1. The summed E-state index contributed by atoms with van der Waals surface area (Å²) < 4.78 is 28.9. The molecule has 0 aliphatic rings. The molecule has 7 heteroatoms. The van der Waals surface area contributed by atoms with Gasteiger partial charge in [0.15, 0.2) is 0 Å². The van der Waals surface area contributed by atoms with Crippen molar-refractivity contribution < 1.29 is 8.42 Å². The Morgan fingerprint density at radius 3 is 2.50 bits per heavy atom. The van der Waals surface area contributed by atoms with Gasteiger partial charge in [-0.1, -0.05) is 18.2 Å². The molecule has 0 radical (unpaired) electrons. The Balaban J connectivity index is 2.26. The van der Waals surface area contributed by atoms with E-state index in [1.807, 2.05) is 39.8 Å². The first-order chi connectivity index (χ1) is 11.1. The number of halogens is 1. The van der Waals surface area contributed by atoms with Gasteiger partial charge >= 0.3 is 0 Å². The summed E-state index contributed by atoms with van der Waals surface area (Å²) in [5, 5.41) is 3.21. The van der Waals surface area contributed by atoms with E-state index >= 15 is 0 Å². The summed E-state index contributed by atoms with van der Waals surface area (Å²) in [6.45, 7) is 7.78. The van der Waals surface area contributed by atoms with Gasteiger partial charge in [0.05, 0.1) is 4.90 Å². The fraction of sp³-hybridized carbons (Fsp3) is 0.353. The van der Waals surface area contributed by atoms with Crippen LogP contribution in [0.25, 0.3) is 0 Å². The number of hydrogen-bond donors (Lipinski definition) is 2. The third kappa shape index (κ3) is 5.03. The van der Waals surface area contributed by atoms with Crippen LogP contribution >= 0.6 is 15.9 Å². The molecular formula is C17H22BrN3O2S. The Kier molecular flexibility index (Phi) is 5.67. The smallest absolute Gasteiger partial charge is 0.241 e. The van der Waals surface area contributed by atoms with Gasteiger partial charge in [0.1, 0.15) is 5.82 Å². The highest BCUT2D eigenvalue weighted by Crippen LogP contribution is 2.21. The summed E-state index contributed by atoms with van der Waals surface area (Å²) in [6, 6.07) is 8.93. The minimum absolute atomic E-state index is 0.280. The van der Waals surface area contributed by atoms with Crippen molar-refractivity contribution in [1.82, 2.24) is 9.71 Å². The standard InChI is InChI=1S/C17H22BrN3O2S/c1-12-9-14(18)11-20-16(12)19-10-13-7-5-6-8-15(13)24(22,23)21-17(2,3)4/h5-9,11,21H,10H2,1-4H3,(H,19,20). The van der Waals surface area contributed by atoms with Crippen LogP contribution in [0.2, 0.25) is 0 Å². The molecule has 5 nitrogen and oxygen atoms in total. The molecule has 1 aromatic heterocycles. The van der Waals surface area contributed by atoms with Gasteiger partial charge in [-0.3, -0.25) is 0 Å². The van der Waals surface area contributed by atoms with Crippen LogP contribution in [0.3, 0.4) is 0 Å². The maximum atomic E-state index is 12.6. The van der Waals surface area contributed by atoms with Crippen LogP contribution in [0.15, 0.2) is 45.9 Å². The van der Waals surface area contributed by atoms with Gasteiger partial charge in [-0.2, -0.15) is 0 Å². The quantitative estimate of drug-likeness (QED) is 0.783. The summed E-state index contributed by atoms with van der Waals surface area (Å²) in [5.41, 5.74) is 1.14. The maximum Gasteiger partial charge on any atom is 0.241 e. The summed E-state index contributed by atoms with van der Waals surface area (Å²) in [5.74, 6) is 0.731. The zero-order valence-electron chi connectivity index (χ0n) is 14.2. The molecule has 2 rings (SSSR count). The summed E-state index contributed by atoms with van der Waals surface area (Å²) in [7, 11) is -3.59. The maximum absolute atomic E-state index is 12.6. The van der Waals surface area contributed by atoms with Crippen LogP contribution in [0.4, 0.5) is 5.82 Å². The van der Waals surface area contributed by atoms with E-state index in [0.717, 1.165) is 15.9 Å². The molecule has 0 fully saturated rings. The Labute approximate surface area is 152 Å². The molecular weight excluding hydrogens is 390 g/mol. The van der Waals surface area contributed by atoms with Crippen molar-refractivity contribution in [3.8, 4) is 0 Å². The summed E-state index contributed by atoms with van der Waals surface area (Å²) in [6.07, 6.45) is 1.71. The molecule has 130 valence electrons. The van der Waals surface area contributed by atoms with Crippen LogP contribution in [0.1, 0.15) is 31.9 Å². The molecule has 24 heavy (non-hydrogen) atoms. The largest absolute Gasteiger partial charge is 0.366 e. The number of rotatable bonds is 5. The van der Waals surface area contributed by atoms with Crippen molar-refractivity contribution in [2.24, 2.45) is 0 Å². The number of nitrogens with one attached hydrogen (secondary N) is 2. The van der Waals surface area contributed by atoms with E-state index < -0.39 is 15.6 Å². The Morgan fingerprint density at radius 2 is 1.88 bits per heavy atom. The number of benzene rings is 1. The van der Waals surface area contributed by atoms with Crippen LogP contribution in [-0.4, -0.2) is 18.9 Å². The first-order valence-electron chi connectivity index (χ1n) is 7.56. The highest BCUT2D eigenvalue weighted by Gasteiger charge is 2.24. The number of sulfonamides is 1. The van der Waals surface area contributed by atoms with Crippen LogP contribution < -0.4 is 10.0 Å². The minimum Gasteiger partial charge on any atom is -0.366 e. The van der Waals surface area contributed by atoms with Crippen molar-refractivity contribution in [2.45, 2.75) is 44.7 Å². The zero-order valence-corrected chi connectivity index (χ0v) is 16.6. The molecule has 2 N–H and O–H groups in total. The molecule has 0 amide bonds. The lowest BCUT2D eigenvalue weighted by Crippen LogP contribution is -2.40. The second-order valence-corrected chi connectivity index (χ2v) is 9.20. The van der Waals surface area contributed by atoms with Crippen molar-refractivity contribution in [3.05, 3.63) is 52.1 Å². The van der Waals surface area contributed by atoms with Crippen LogP contribution in [0, 0.1) is 6.92 Å². The van der Waals surface area contributed by atoms with Crippen molar-refractivity contribution in [3.63, 3.8) is 0 Å². The first-order valence-corrected chi connectivity index (χ1v) is 9.84. The van der Waals surface area contributed by atoms with Gasteiger partial charge in [0.2, 0.25) is 10.0 Å². The second-order valence-electron chi connectivity index (χ2n) is 6.64. The molecule has 0 atom stereocenters. The van der Waals surface area contributed by atoms with E-state index in [-0.39, 0.29) is 4.90 Å². The molecule has 0 spiro atoms. The molecule has 1 aromatic carbocycles. The highest BCUT2D eigenvalue weighted by atomic mass is 79.9. The van der Waals surface area contributed by atoms with Crippen LogP contribution in [0.5, 0.6) is 0 Å². The molecule has 0 saturated carbocycles. The van der Waals surface area contributed by atoms with E-state index in [0.29, 0.717) is 12.1 Å². The Hall–Kier alpha value is -1.44. The van der Waals surface area contributed by atoms with E-state index in [1.165, 1.54) is 0 Å². The third-order valence-corrected chi connectivity index (χ3v) is 5.49. The van der Waals surface area contributed by atoms with Gasteiger partial charge in [0.25, 0.3) is 0 Å². The molecule has 0 saturated heterocycles. The summed E-state index contributed by atoms with van der Waals surface area (Å²) in [4.78, 5) is 4.60. The van der Waals surface area contributed by atoms with E-state index in [9.17, 15) is 8.42 Å². The normalized spacial score (nSPS) is 12.2. The Bertz CT molecular complexity index is 830. The SMILES string of the molecule is Cc1cc(Br)cnc1NCc1ccccc1S(=O)(=O)NC(C)(C)C. The fourth-order valence-corrected chi connectivity index (χ4v) is 4.38. The number of aryl methyl sites for hydroxylation is 1. The van der Waals surface area contributed by atoms with Gasteiger partial charge in [-0.05, 0) is 66.9 Å². The number of anilines is 1. The van der Waals surface area contributed by atoms with Gasteiger partial charge in [-0.25, -0.2) is 18.1 Å². The lowest BCUT2D eigenvalue weighted by atomic mass is 10.1. The van der Waals surface area contributed by atoms with E-state index in [1.54, 1.807) is 24.4 Å². The minimum atomic E-state index is -3.59. The highest BCUT2D eigenvalue weighted by molar-refractivity contribution is 9.10. The lowest BCUT2D eigenvalue weighted by Gasteiger charge is -2.21. The number of nitrogens with zero attached hydrogens (tertiary/aromatic N) is 1. The Morgan fingerprint density at radius 1 is 1.21 bits per heavy atom. The first kappa shape index (κ1) is 18.9. The topological polar surface area (TPSA) is 71.1 Å². The van der Waals surface area contributed by atoms with E-state index in [4.69, 9.17) is 0 Å². The number of aromatic nitrogens is 1. The van der Waals surface area contributed by atoms with Crippen LogP contribution in [-0.2, 0) is 16.6 Å². The summed E-state index contributed by atoms with van der Waals surface area (Å²) >= 11 is 3.38. The average molecular weight is 412 g/mol. The fourth-order valence-electron chi connectivity index (χ4n) is 2.27. The average Bonchev–Trinajstić information content (AvgIpc) is 2.44. The van der Waals surface area contributed by atoms with Crippen molar-refractivity contribution >= 4 is 31.8 Å². The van der Waals surface area contributed by atoms with Crippen molar-refractivity contribution in [1.29, 1.82) is 0 Å². The molecule has 0 aliphatic heterocycles. The molecule has 0 aliphatic carbocycles. The van der Waals surface area contributed by atoms with Crippen molar-refractivity contribution in [2.75, 3.05) is 5.32 Å². The number of hydrogen-bond acceptors (Lipinski definition) is 4. The predicted octanol–water partition coefficient (Wildman–Crippen LogP) is 3.84. The van der Waals surface area contributed by atoms with Gasteiger partial charge in [-0.15, -0.1) is 0 Å². The zero-order chi connectivity index (χ0) is 18.0. The molecule has 0 unspecified atom stereocenters. The second kappa shape index (κ2) is 7.21. The van der Waals surface area contributed by atoms with Gasteiger partial charge in [0, 0.05) is 22.8 Å². The van der Waals surface area contributed by atoms with Gasteiger partial charge < -0.3 is 5.32 Å². The van der Waals surface area contributed by atoms with E-state index in [2.05, 4.69) is 31.0 Å². The lowest BCUT2D eigenvalue weighted by molar-refractivity contribution is 0.491. The molecule has 0 bridgehead atoms. The molecule has 1 heterocycles. The third-order valence-electron chi connectivity index (χ3n) is 3.19. The monoisotopic (exact) mass is 411 g/mol.